The lowest BCUT2D eigenvalue weighted by Crippen LogP contribution is -2.44. The average Bonchev–Trinajstić information content (AvgIpc) is 3.01. The molecule has 0 unspecified atom stereocenters. The lowest BCUT2D eigenvalue weighted by Gasteiger charge is -2.31. The molecule has 0 bridgehead atoms. The molecule has 0 radical (unpaired) electrons. The lowest BCUT2D eigenvalue weighted by atomic mass is 10.0. The van der Waals surface area contributed by atoms with Crippen LogP contribution in [0.2, 0.25) is 0 Å². The first-order valence-corrected chi connectivity index (χ1v) is 19.6. The van der Waals surface area contributed by atoms with Gasteiger partial charge in [0.25, 0.3) is 0 Å². The van der Waals surface area contributed by atoms with Crippen molar-refractivity contribution in [1.29, 1.82) is 0 Å². The molecule has 0 aliphatic rings. The molecular formula is C36H66Cl3NO7. The maximum atomic E-state index is 12.1. The molecule has 278 valence electrons. The fourth-order valence-electron chi connectivity index (χ4n) is 5.06. The molecule has 0 saturated carbocycles. The predicted molar refractivity (Wildman–Crippen MR) is 193 cm³/mol. The van der Waals surface area contributed by atoms with Crippen LogP contribution < -0.4 is 5.32 Å². The molecule has 2 N–H and O–H groups in total. The molecule has 0 spiro atoms. The van der Waals surface area contributed by atoms with Crippen LogP contribution in [0.4, 0.5) is 4.79 Å². The van der Waals surface area contributed by atoms with E-state index in [0.29, 0.717) is 19.4 Å². The van der Waals surface area contributed by atoms with Gasteiger partial charge in [-0.1, -0.05) is 164 Å². The minimum atomic E-state index is -1.71. The van der Waals surface area contributed by atoms with Crippen molar-refractivity contribution in [3.8, 4) is 0 Å². The van der Waals surface area contributed by atoms with Crippen LogP contribution in [0.5, 0.6) is 0 Å². The van der Waals surface area contributed by atoms with E-state index in [1.54, 1.807) is 13.8 Å². The largest absolute Gasteiger partial charge is 0.462 e. The molecule has 0 aliphatic carbocycles. The van der Waals surface area contributed by atoms with Crippen molar-refractivity contribution in [3.05, 3.63) is 0 Å². The van der Waals surface area contributed by atoms with E-state index in [1.165, 1.54) is 64.2 Å². The summed E-state index contributed by atoms with van der Waals surface area (Å²) in [4.78, 5) is 36.1. The van der Waals surface area contributed by atoms with Gasteiger partial charge in [-0.3, -0.25) is 9.59 Å². The molecule has 1 amide bonds. The van der Waals surface area contributed by atoms with Crippen molar-refractivity contribution in [2.24, 2.45) is 0 Å². The van der Waals surface area contributed by atoms with Gasteiger partial charge >= 0.3 is 18.0 Å². The third-order valence-electron chi connectivity index (χ3n) is 8.27. The Kier molecular flexibility index (Phi) is 29.3. The van der Waals surface area contributed by atoms with Crippen LogP contribution in [0.3, 0.4) is 0 Å². The van der Waals surface area contributed by atoms with Crippen molar-refractivity contribution >= 4 is 52.8 Å². The maximum Gasteiger partial charge on any atom is 0.407 e. The van der Waals surface area contributed by atoms with Crippen molar-refractivity contribution < 1.29 is 33.7 Å². The summed E-state index contributed by atoms with van der Waals surface area (Å²) >= 11 is 17.5. The first kappa shape index (κ1) is 46.0. The van der Waals surface area contributed by atoms with E-state index in [1.807, 2.05) is 0 Å². The first-order valence-electron chi connectivity index (χ1n) is 18.4. The summed E-state index contributed by atoms with van der Waals surface area (Å²) in [6, 6.07) is 0. The number of amides is 1. The molecule has 11 heteroatoms. The molecule has 0 heterocycles. The Labute approximate surface area is 301 Å². The second-order valence-electron chi connectivity index (χ2n) is 13.2. The summed E-state index contributed by atoms with van der Waals surface area (Å²) in [5, 5.41) is 12.2. The highest BCUT2D eigenvalue weighted by molar-refractivity contribution is 6.68. The van der Waals surface area contributed by atoms with E-state index in [4.69, 9.17) is 49.0 Å². The van der Waals surface area contributed by atoms with Crippen LogP contribution in [-0.4, -0.2) is 58.4 Å². The van der Waals surface area contributed by atoms with Gasteiger partial charge in [-0.2, -0.15) is 0 Å². The minimum absolute atomic E-state index is 0.108. The Hall–Kier alpha value is -0.960. The van der Waals surface area contributed by atoms with Crippen LogP contribution in [0.15, 0.2) is 0 Å². The summed E-state index contributed by atoms with van der Waals surface area (Å²) in [6.07, 6.45) is 24.4. The van der Waals surface area contributed by atoms with Crippen LogP contribution >= 0.6 is 34.8 Å². The average molecular weight is 731 g/mol. The number of hydrogen-bond acceptors (Lipinski definition) is 7. The molecule has 0 fully saturated rings. The van der Waals surface area contributed by atoms with Crippen LogP contribution in [0, 0.1) is 0 Å². The van der Waals surface area contributed by atoms with E-state index in [0.717, 1.165) is 77.0 Å². The number of rotatable bonds is 31. The molecule has 47 heavy (non-hydrogen) atoms. The molecule has 0 aromatic carbocycles. The van der Waals surface area contributed by atoms with Crippen molar-refractivity contribution in [1.82, 2.24) is 5.32 Å². The van der Waals surface area contributed by atoms with E-state index in [2.05, 4.69) is 12.2 Å². The first-order chi connectivity index (χ1) is 22.4. The number of aliphatic hydroxyl groups excluding tert-OH is 1. The minimum Gasteiger partial charge on any atom is -0.462 e. The number of aliphatic hydroxyl groups is 1. The van der Waals surface area contributed by atoms with Gasteiger partial charge in [0.2, 0.25) is 3.79 Å². The van der Waals surface area contributed by atoms with Crippen LogP contribution in [0.1, 0.15) is 175 Å². The van der Waals surface area contributed by atoms with Crippen LogP contribution in [0.25, 0.3) is 0 Å². The molecule has 0 rings (SSSR count). The number of carbonyl (C=O) groups excluding carboxylic acids is 3. The third kappa shape index (κ3) is 28.6. The highest BCUT2D eigenvalue weighted by atomic mass is 35.6. The number of halogens is 3. The Bertz CT molecular complexity index is 793. The standard InChI is InChI=1S/C36H66Cl3NO7/c1-4-5-6-7-8-9-10-11-12-14-18-21-24-27-33(43)46-31(29-41)30-45-32(42)26-23-20-17-15-13-16-19-22-25-28-40-34(44)47-35(2,3)36(37,38)39/h31,41H,4-30H2,1-3H3,(H,40,44)/t31-/m0/s1. The van der Waals surface area contributed by atoms with E-state index in [-0.39, 0.29) is 25.2 Å². The van der Waals surface area contributed by atoms with E-state index >= 15 is 0 Å². The number of carbonyl (C=O) groups is 3. The monoisotopic (exact) mass is 729 g/mol. The predicted octanol–water partition coefficient (Wildman–Crippen LogP) is 10.7. The van der Waals surface area contributed by atoms with Gasteiger partial charge in [0.15, 0.2) is 11.7 Å². The smallest absolute Gasteiger partial charge is 0.407 e. The second kappa shape index (κ2) is 29.9. The quantitative estimate of drug-likeness (QED) is 0.0316. The molecule has 8 nitrogen and oxygen atoms in total. The topological polar surface area (TPSA) is 111 Å². The zero-order valence-corrected chi connectivity index (χ0v) is 32.0. The molecular weight excluding hydrogens is 665 g/mol. The van der Waals surface area contributed by atoms with Gasteiger partial charge < -0.3 is 24.6 Å². The Balaban J connectivity index is 3.62. The van der Waals surface area contributed by atoms with Gasteiger partial charge in [0.05, 0.1) is 6.61 Å². The van der Waals surface area contributed by atoms with Crippen molar-refractivity contribution in [3.63, 3.8) is 0 Å². The normalized spacial score (nSPS) is 12.5. The summed E-state index contributed by atoms with van der Waals surface area (Å²) in [5.41, 5.74) is -1.23. The molecule has 0 aromatic rings. The highest BCUT2D eigenvalue weighted by Crippen LogP contribution is 2.40. The Morgan fingerprint density at radius 1 is 0.638 bits per heavy atom. The third-order valence-corrected chi connectivity index (χ3v) is 9.64. The SMILES string of the molecule is CCCCCCCCCCCCCCCC(=O)O[C@@H](CO)COC(=O)CCCCCCCCCCCNC(=O)OC(C)(C)C(Cl)(Cl)Cl. The van der Waals surface area contributed by atoms with Gasteiger partial charge in [-0.15, -0.1) is 0 Å². The zero-order chi connectivity index (χ0) is 35.2. The van der Waals surface area contributed by atoms with Gasteiger partial charge in [0, 0.05) is 19.4 Å². The summed E-state index contributed by atoms with van der Waals surface area (Å²) < 4.78 is 14.0. The second-order valence-corrected chi connectivity index (χ2v) is 15.5. The number of nitrogens with one attached hydrogen (secondary N) is 1. The number of alkyl carbamates (subject to hydrolysis) is 1. The maximum absolute atomic E-state index is 12.1. The summed E-state index contributed by atoms with van der Waals surface area (Å²) in [5.74, 6) is -0.674. The number of hydrogen-bond donors (Lipinski definition) is 2. The van der Waals surface area contributed by atoms with Gasteiger partial charge in [-0.05, 0) is 33.1 Å². The Morgan fingerprint density at radius 2 is 1.04 bits per heavy atom. The van der Waals surface area contributed by atoms with Crippen molar-refractivity contribution in [2.75, 3.05) is 19.8 Å². The zero-order valence-electron chi connectivity index (χ0n) is 29.7. The molecule has 1 atom stereocenters. The molecule has 0 aliphatic heterocycles. The fourth-order valence-corrected chi connectivity index (χ4v) is 5.18. The summed E-state index contributed by atoms with van der Waals surface area (Å²) in [7, 11) is 0. The number of unbranched alkanes of at least 4 members (excludes halogenated alkanes) is 20. The van der Waals surface area contributed by atoms with Gasteiger partial charge in [-0.25, -0.2) is 4.79 Å². The number of alkyl halides is 3. The molecule has 0 saturated heterocycles. The van der Waals surface area contributed by atoms with Gasteiger partial charge in [0.1, 0.15) is 6.61 Å². The van der Waals surface area contributed by atoms with Crippen LogP contribution in [-0.2, 0) is 23.8 Å². The number of esters is 2. The highest BCUT2D eigenvalue weighted by Gasteiger charge is 2.44. The van der Waals surface area contributed by atoms with E-state index in [9.17, 15) is 19.5 Å². The lowest BCUT2D eigenvalue weighted by molar-refractivity contribution is -0.161. The Morgan fingerprint density at radius 3 is 1.47 bits per heavy atom. The fraction of sp³-hybridized carbons (Fsp3) is 0.917. The molecule has 0 aromatic heterocycles. The summed E-state index contributed by atoms with van der Waals surface area (Å²) in [6.45, 7) is 5.37. The van der Waals surface area contributed by atoms with Crippen molar-refractivity contribution in [2.45, 2.75) is 190 Å². The number of ether oxygens (including phenoxy) is 3. The van der Waals surface area contributed by atoms with E-state index < -0.39 is 21.6 Å².